The van der Waals surface area contributed by atoms with Crippen LogP contribution in [0.3, 0.4) is 0 Å². The molecule has 0 bridgehead atoms. The molecule has 1 fully saturated rings. The number of likely N-dealkylation sites (N-methyl/N-ethyl adjacent to an activating group) is 1. The van der Waals surface area contributed by atoms with E-state index in [1.165, 1.54) is 11.9 Å². The standard InChI is InChI=1S/C12H13ClN2O3/c1-15-10(7-18-12(15)17)11(16)14-6-8-4-2-3-5-9(8)13/h2-5,10H,6-7H2,1H3,(H,14,16). The predicted molar refractivity (Wildman–Crippen MR) is 66.2 cm³/mol. The zero-order valence-corrected chi connectivity index (χ0v) is 10.6. The predicted octanol–water partition coefficient (Wildman–Crippen LogP) is 1.41. The minimum atomic E-state index is -0.569. The van der Waals surface area contributed by atoms with Gasteiger partial charge in [0.2, 0.25) is 5.91 Å². The minimum absolute atomic E-state index is 0.0870. The third-order valence-corrected chi connectivity index (χ3v) is 3.20. The average molecular weight is 269 g/mol. The molecule has 1 aliphatic rings. The Balaban J connectivity index is 1.93. The Morgan fingerprint density at radius 2 is 2.28 bits per heavy atom. The summed E-state index contributed by atoms with van der Waals surface area (Å²) in [5.41, 5.74) is 0.834. The lowest BCUT2D eigenvalue weighted by atomic mass is 10.2. The van der Waals surface area contributed by atoms with Gasteiger partial charge < -0.3 is 10.1 Å². The molecule has 2 amide bonds. The summed E-state index contributed by atoms with van der Waals surface area (Å²) in [6.07, 6.45) is -0.479. The second-order valence-electron chi connectivity index (χ2n) is 4.01. The maximum atomic E-state index is 11.9. The molecule has 1 aromatic rings. The molecule has 0 aliphatic carbocycles. The fourth-order valence-corrected chi connectivity index (χ4v) is 1.89. The van der Waals surface area contributed by atoms with Crippen molar-refractivity contribution in [3.8, 4) is 0 Å². The number of cyclic esters (lactones) is 1. The number of carbonyl (C=O) groups is 2. The molecule has 1 aromatic carbocycles. The van der Waals surface area contributed by atoms with Gasteiger partial charge in [-0.05, 0) is 11.6 Å². The zero-order chi connectivity index (χ0) is 13.1. The van der Waals surface area contributed by atoms with E-state index in [0.717, 1.165) is 5.56 Å². The van der Waals surface area contributed by atoms with Crippen molar-refractivity contribution in [1.29, 1.82) is 0 Å². The van der Waals surface area contributed by atoms with E-state index in [1.807, 2.05) is 18.2 Å². The van der Waals surface area contributed by atoms with E-state index in [2.05, 4.69) is 5.32 Å². The van der Waals surface area contributed by atoms with Gasteiger partial charge in [-0.1, -0.05) is 29.8 Å². The summed E-state index contributed by atoms with van der Waals surface area (Å²) in [4.78, 5) is 24.3. The van der Waals surface area contributed by atoms with Crippen LogP contribution in [0, 0.1) is 0 Å². The Bertz CT molecular complexity index is 478. The highest BCUT2D eigenvalue weighted by Gasteiger charge is 2.34. The van der Waals surface area contributed by atoms with Crippen molar-refractivity contribution in [2.45, 2.75) is 12.6 Å². The lowest BCUT2D eigenvalue weighted by Crippen LogP contribution is -2.43. The van der Waals surface area contributed by atoms with Gasteiger partial charge in [0, 0.05) is 18.6 Å². The fraction of sp³-hybridized carbons (Fsp3) is 0.333. The summed E-state index contributed by atoms with van der Waals surface area (Å²) in [6, 6.07) is 6.70. The summed E-state index contributed by atoms with van der Waals surface area (Å²) in [5, 5.41) is 3.34. The van der Waals surface area contributed by atoms with Crippen LogP contribution >= 0.6 is 11.6 Å². The van der Waals surface area contributed by atoms with Crippen molar-refractivity contribution in [2.75, 3.05) is 13.7 Å². The average Bonchev–Trinajstić information content (AvgIpc) is 2.69. The molecule has 0 aromatic heterocycles. The second kappa shape index (κ2) is 5.27. The first-order chi connectivity index (χ1) is 8.59. The van der Waals surface area contributed by atoms with Gasteiger partial charge in [-0.3, -0.25) is 9.69 Å². The molecule has 1 unspecified atom stereocenters. The normalized spacial score (nSPS) is 18.7. The summed E-state index contributed by atoms with van der Waals surface area (Å²) in [6.45, 7) is 0.417. The summed E-state index contributed by atoms with van der Waals surface area (Å²) >= 11 is 5.98. The molecule has 96 valence electrons. The zero-order valence-electron chi connectivity index (χ0n) is 9.85. The Hall–Kier alpha value is -1.75. The van der Waals surface area contributed by atoms with Gasteiger partial charge in [-0.25, -0.2) is 4.79 Å². The number of rotatable bonds is 3. The number of ether oxygens (including phenoxy) is 1. The molecule has 0 spiro atoms. The van der Waals surface area contributed by atoms with Crippen molar-refractivity contribution in [3.63, 3.8) is 0 Å². The maximum Gasteiger partial charge on any atom is 0.410 e. The fourth-order valence-electron chi connectivity index (χ4n) is 1.68. The van der Waals surface area contributed by atoms with E-state index in [4.69, 9.17) is 16.3 Å². The molecule has 0 saturated carbocycles. The third-order valence-electron chi connectivity index (χ3n) is 2.83. The lowest BCUT2D eigenvalue weighted by Gasteiger charge is -2.15. The SMILES string of the molecule is CN1C(=O)OCC1C(=O)NCc1ccccc1Cl. The van der Waals surface area contributed by atoms with Gasteiger partial charge in [-0.15, -0.1) is 0 Å². The molecule has 18 heavy (non-hydrogen) atoms. The summed E-state index contributed by atoms with van der Waals surface area (Å²) < 4.78 is 4.77. The first-order valence-electron chi connectivity index (χ1n) is 5.50. The van der Waals surface area contributed by atoms with Gasteiger partial charge >= 0.3 is 6.09 Å². The van der Waals surface area contributed by atoms with Crippen LogP contribution in [0.15, 0.2) is 24.3 Å². The van der Waals surface area contributed by atoms with Crippen molar-refractivity contribution in [2.24, 2.45) is 0 Å². The molecule has 1 heterocycles. The number of nitrogens with zero attached hydrogens (tertiary/aromatic N) is 1. The smallest absolute Gasteiger partial charge is 0.410 e. The lowest BCUT2D eigenvalue weighted by molar-refractivity contribution is -0.124. The van der Waals surface area contributed by atoms with Crippen molar-refractivity contribution in [3.05, 3.63) is 34.9 Å². The largest absolute Gasteiger partial charge is 0.447 e. The van der Waals surface area contributed by atoms with Crippen LogP contribution < -0.4 is 5.32 Å². The number of hydrogen-bond donors (Lipinski definition) is 1. The van der Waals surface area contributed by atoms with Gasteiger partial charge in [0.1, 0.15) is 12.6 Å². The van der Waals surface area contributed by atoms with Crippen LogP contribution in [0.5, 0.6) is 0 Å². The van der Waals surface area contributed by atoms with Crippen LogP contribution in [0.25, 0.3) is 0 Å². The quantitative estimate of drug-likeness (QED) is 0.902. The summed E-state index contributed by atoms with van der Waals surface area (Å²) in [5.74, 6) is -0.247. The van der Waals surface area contributed by atoms with Crippen molar-refractivity contribution < 1.29 is 14.3 Å². The Kier molecular flexibility index (Phi) is 3.72. The Labute approximate surface area is 110 Å². The minimum Gasteiger partial charge on any atom is -0.447 e. The maximum absolute atomic E-state index is 11.9. The van der Waals surface area contributed by atoms with Crippen molar-refractivity contribution >= 4 is 23.6 Å². The Morgan fingerprint density at radius 3 is 2.89 bits per heavy atom. The molecule has 1 aliphatic heterocycles. The van der Waals surface area contributed by atoms with E-state index in [1.54, 1.807) is 6.07 Å². The highest BCUT2D eigenvalue weighted by atomic mass is 35.5. The molecule has 1 atom stereocenters. The number of carbonyl (C=O) groups excluding carboxylic acids is 2. The van der Waals surface area contributed by atoms with Crippen LogP contribution in [-0.2, 0) is 16.1 Å². The topological polar surface area (TPSA) is 58.6 Å². The van der Waals surface area contributed by atoms with Crippen LogP contribution in [0.2, 0.25) is 5.02 Å². The van der Waals surface area contributed by atoms with E-state index >= 15 is 0 Å². The molecular formula is C12H13ClN2O3. The molecule has 5 nitrogen and oxygen atoms in total. The molecular weight excluding hydrogens is 256 g/mol. The number of benzene rings is 1. The third kappa shape index (κ3) is 2.56. The molecule has 2 rings (SSSR count). The highest BCUT2D eigenvalue weighted by molar-refractivity contribution is 6.31. The van der Waals surface area contributed by atoms with Gasteiger partial charge in [0.05, 0.1) is 0 Å². The first-order valence-corrected chi connectivity index (χ1v) is 5.88. The van der Waals surface area contributed by atoms with Crippen LogP contribution in [0.4, 0.5) is 4.79 Å². The molecule has 0 radical (unpaired) electrons. The highest BCUT2D eigenvalue weighted by Crippen LogP contribution is 2.15. The van der Waals surface area contributed by atoms with Crippen LogP contribution in [0.1, 0.15) is 5.56 Å². The van der Waals surface area contributed by atoms with Crippen molar-refractivity contribution in [1.82, 2.24) is 10.2 Å². The van der Waals surface area contributed by atoms with E-state index in [0.29, 0.717) is 11.6 Å². The van der Waals surface area contributed by atoms with E-state index in [9.17, 15) is 9.59 Å². The summed E-state index contributed by atoms with van der Waals surface area (Å²) in [7, 11) is 1.54. The van der Waals surface area contributed by atoms with Gasteiger partial charge in [0.15, 0.2) is 0 Å². The first kappa shape index (κ1) is 12.7. The van der Waals surface area contributed by atoms with Gasteiger partial charge in [-0.2, -0.15) is 0 Å². The number of amides is 2. The van der Waals surface area contributed by atoms with Crippen LogP contribution in [-0.4, -0.2) is 36.6 Å². The Morgan fingerprint density at radius 1 is 1.56 bits per heavy atom. The van der Waals surface area contributed by atoms with E-state index in [-0.39, 0.29) is 12.5 Å². The van der Waals surface area contributed by atoms with Gasteiger partial charge in [0.25, 0.3) is 0 Å². The second-order valence-corrected chi connectivity index (χ2v) is 4.42. The number of hydrogen-bond acceptors (Lipinski definition) is 3. The molecule has 6 heteroatoms. The molecule has 1 N–H and O–H groups in total. The number of nitrogens with one attached hydrogen (secondary N) is 1. The van der Waals surface area contributed by atoms with E-state index < -0.39 is 12.1 Å². The molecule has 1 saturated heterocycles. The monoisotopic (exact) mass is 268 g/mol. The number of halogens is 1.